The van der Waals surface area contributed by atoms with Gasteiger partial charge in [-0.1, -0.05) is 0 Å². The van der Waals surface area contributed by atoms with Crippen LogP contribution in [0.25, 0.3) is 0 Å². The standard InChI is InChI=1S/C13H20N2O3S/c1-9(7-10(2)16)15-12(17)3-5-14-13(18)11-4-6-19-8-11/h4,6,8-10,16H,3,5,7H2,1-2H3,(H,14,18)(H,15,17). The van der Waals surface area contributed by atoms with Gasteiger partial charge in [-0.25, -0.2) is 0 Å². The molecule has 19 heavy (non-hydrogen) atoms. The van der Waals surface area contributed by atoms with E-state index in [1.807, 2.05) is 12.3 Å². The van der Waals surface area contributed by atoms with Gasteiger partial charge in [0.1, 0.15) is 0 Å². The van der Waals surface area contributed by atoms with Crippen LogP contribution in [0.4, 0.5) is 0 Å². The van der Waals surface area contributed by atoms with E-state index < -0.39 is 6.10 Å². The molecule has 2 atom stereocenters. The van der Waals surface area contributed by atoms with Crippen LogP contribution in [0.3, 0.4) is 0 Å². The van der Waals surface area contributed by atoms with E-state index in [2.05, 4.69) is 10.6 Å². The van der Waals surface area contributed by atoms with Crippen molar-refractivity contribution >= 4 is 23.2 Å². The van der Waals surface area contributed by atoms with Gasteiger partial charge in [-0.3, -0.25) is 9.59 Å². The van der Waals surface area contributed by atoms with Gasteiger partial charge in [-0.05, 0) is 31.7 Å². The van der Waals surface area contributed by atoms with Crippen molar-refractivity contribution < 1.29 is 14.7 Å². The number of amides is 2. The van der Waals surface area contributed by atoms with Crippen LogP contribution in [-0.4, -0.2) is 35.6 Å². The minimum absolute atomic E-state index is 0.0694. The third-order valence-corrected chi connectivity index (χ3v) is 3.21. The Morgan fingerprint density at radius 1 is 1.42 bits per heavy atom. The average Bonchev–Trinajstić information content (AvgIpc) is 2.80. The predicted octanol–water partition coefficient (Wildman–Crippen LogP) is 1.14. The molecule has 0 aliphatic carbocycles. The fraction of sp³-hybridized carbons (Fsp3) is 0.538. The van der Waals surface area contributed by atoms with Crippen molar-refractivity contribution in [1.29, 1.82) is 0 Å². The van der Waals surface area contributed by atoms with E-state index in [4.69, 9.17) is 0 Å². The van der Waals surface area contributed by atoms with E-state index in [0.29, 0.717) is 18.5 Å². The van der Waals surface area contributed by atoms with Crippen molar-refractivity contribution in [2.75, 3.05) is 6.54 Å². The van der Waals surface area contributed by atoms with Crippen molar-refractivity contribution in [3.8, 4) is 0 Å². The van der Waals surface area contributed by atoms with E-state index >= 15 is 0 Å². The molecular formula is C13H20N2O3S. The van der Waals surface area contributed by atoms with E-state index in [9.17, 15) is 14.7 Å². The van der Waals surface area contributed by atoms with Gasteiger partial charge >= 0.3 is 0 Å². The van der Waals surface area contributed by atoms with Gasteiger partial charge in [0.15, 0.2) is 0 Å². The Bertz CT molecular complexity index is 404. The Hall–Kier alpha value is -1.40. The van der Waals surface area contributed by atoms with Crippen LogP contribution >= 0.6 is 11.3 Å². The molecule has 2 amide bonds. The van der Waals surface area contributed by atoms with E-state index in [-0.39, 0.29) is 24.3 Å². The summed E-state index contributed by atoms with van der Waals surface area (Å²) >= 11 is 1.46. The number of nitrogens with one attached hydrogen (secondary N) is 2. The highest BCUT2D eigenvalue weighted by molar-refractivity contribution is 7.08. The number of carbonyl (C=O) groups excluding carboxylic acids is 2. The van der Waals surface area contributed by atoms with Crippen LogP contribution < -0.4 is 10.6 Å². The van der Waals surface area contributed by atoms with Gasteiger partial charge in [0.05, 0.1) is 6.10 Å². The molecule has 0 fully saturated rings. The first-order chi connectivity index (χ1) is 8.99. The number of rotatable bonds is 7. The summed E-state index contributed by atoms with van der Waals surface area (Å²) in [4.78, 5) is 23.1. The fourth-order valence-electron chi connectivity index (χ4n) is 1.70. The highest BCUT2D eigenvalue weighted by atomic mass is 32.1. The zero-order valence-electron chi connectivity index (χ0n) is 11.2. The first-order valence-electron chi connectivity index (χ1n) is 6.27. The quantitative estimate of drug-likeness (QED) is 0.702. The van der Waals surface area contributed by atoms with Crippen molar-refractivity contribution in [2.45, 2.75) is 38.8 Å². The van der Waals surface area contributed by atoms with Crippen molar-refractivity contribution in [3.63, 3.8) is 0 Å². The van der Waals surface area contributed by atoms with Gasteiger partial charge in [0.25, 0.3) is 5.91 Å². The molecule has 2 unspecified atom stereocenters. The second-order valence-corrected chi connectivity index (χ2v) is 5.35. The number of hydrogen-bond acceptors (Lipinski definition) is 4. The Morgan fingerprint density at radius 3 is 2.74 bits per heavy atom. The normalized spacial score (nSPS) is 13.6. The van der Waals surface area contributed by atoms with E-state index in [1.54, 1.807) is 18.4 Å². The Balaban J connectivity index is 2.18. The molecule has 0 aromatic carbocycles. The third-order valence-electron chi connectivity index (χ3n) is 2.52. The molecule has 1 heterocycles. The summed E-state index contributed by atoms with van der Waals surface area (Å²) < 4.78 is 0. The van der Waals surface area contributed by atoms with Gasteiger partial charge < -0.3 is 15.7 Å². The van der Waals surface area contributed by atoms with Crippen LogP contribution in [0.5, 0.6) is 0 Å². The molecule has 5 nitrogen and oxygen atoms in total. The number of carbonyl (C=O) groups is 2. The van der Waals surface area contributed by atoms with Crippen molar-refractivity contribution in [1.82, 2.24) is 10.6 Å². The molecule has 1 aromatic rings. The molecule has 106 valence electrons. The first-order valence-corrected chi connectivity index (χ1v) is 7.21. The highest BCUT2D eigenvalue weighted by Gasteiger charge is 2.10. The Labute approximate surface area is 117 Å². The lowest BCUT2D eigenvalue weighted by Crippen LogP contribution is -2.36. The van der Waals surface area contributed by atoms with Crippen LogP contribution in [0, 0.1) is 0 Å². The molecule has 1 rings (SSSR count). The summed E-state index contributed by atoms with van der Waals surface area (Å²) in [5.41, 5.74) is 0.618. The Morgan fingerprint density at radius 2 is 2.16 bits per heavy atom. The number of hydrogen-bond donors (Lipinski definition) is 3. The molecule has 0 aliphatic rings. The average molecular weight is 284 g/mol. The molecule has 0 spiro atoms. The van der Waals surface area contributed by atoms with Crippen LogP contribution in [0.2, 0.25) is 0 Å². The van der Waals surface area contributed by atoms with E-state index in [1.165, 1.54) is 11.3 Å². The maximum atomic E-state index is 11.6. The maximum absolute atomic E-state index is 11.6. The summed E-state index contributed by atoms with van der Waals surface area (Å²) in [5, 5.41) is 18.2. The smallest absolute Gasteiger partial charge is 0.252 e. The zero-order valence-corrected chi connectivity index (χ0v) is 12.0. The summed E-state index contributed by atoms with van der Waals surface area (Å²) in [6.07, 6.45) is 0.320. The van der Waals surface area contributed by atoms with Gasteiger partial charge in [0, 0.05) is 30.0 Å². The minimum atomic E-state index is -0.436. The fourth-order valence-corrected chi connectivity index (χ4v) is 2.34. The molecule has 0 aliphatic heterocycles. The summed E-state index contributed by atoms with van der Waals surface area (Å²) in [5.74, 6) is -0.287. The van der Waals surface area contributed by atoms with Gasteiger partial charge in [-0.15, -0.1) is 0 Å². The van der Waals surface area contributed by atoms with Gasteiger partial charge in [0.2, 0.25) is 5.91 Å². The van der Waals surface area contributed by atoms with Crippen LogP contribution in [-0.2, 0) is 4.79 Å². The second kappa shape index (κ2) is 7.91. The maximum Gasteiger partial charge on any atom is 0.252 e. The number of aliphatic hydroxyl groups excluding tert-OH is 1. The molecule has 0 saturated carbocycles. The molecular weight excluding hydrogens is 264 g/mol. The molecule has 0 radical (unpaired) electrons. The lowest BCUT2D eigenvalue weighted by molar-refractivity contribution is -0.121. The highest BCUT2D eigenvalue weighted by Crippen LogP contribution is 2.05. The topological polar surface area (TPSA) is 78.4 Å². The molecule has 6 heteroatoms. The second-order valence-electron chi connectivity index (χ2n) is 4.57. The predicted molar refractivity (Wildman–Crippen MR) is 75.2 cm³/mol. The monoisotopic (exact) mass is 284 g/mol. The lowest BCUT2D eigenvalue weighted by Gasteiger charge is -2.15. The summed E-state index contributed by atoms with van der Waals surface area (Å²) in [6.45, 7) is 3.83. The van der Waals surface area contributed by atoms with Gasteiger partial charge in [-0.2, -0.15) is 11.3 Å². The summed E-state index contributed by atoms with van der Waals surface area (Å²) in [6, 6.07) is 1.67. The lowest BCUT2D eigenvalue weighted by atomic mass is 10.1. The zero-order chi connectivity index (χ0) is 14.3. The SMILES string of the molecule is CC(O)CC(C)NC(=O)CCNC(=O)c1ccsc1. The van der Waals surface area contributed by atoms with Crippen molar-refractivity contribution in [3.05, 3.63) is 22.4 Å². The Kier molecular flexibility index (Phi) is 6.52. The largest absolute Gasteiger partial charge is 0.393 e. The summed E-state index contributed by atoms with van der Waals surface area (Å²) in [7, 11) is 0. The molecule has 1 aromatic heterocycles. The van der Waals surface area contributed by atoms with Crippen LogP contribution in [0.15, 0.2) is 16.8 Å². The van der Waals surface area contributed by atoms with E-state index in [0.717, 1.165) is 0 Å². The van der Waals surface area contributed by atoms with Crippen LogP contribution in [0.1, 0.15) is 37.0 Å². The van der Waals surface area contributed by atoms with Crippen molar-refractivity contribution in [2.24, 2.45) is 0 Å². The number of thiophene rings is 1. The number of aliphatic hydroxyl groups is 1. The third kappa shape index (κ3) is 6.35. The first kappa shape index (κ1) is 15.7. The minimum Gasteiger partial charge on any atom is -0.393 e. The molecule has 0 bridgehead atoms. The molecule has 0 saturated heterocycles. The molecule has 3 N–H and O–H groups in total.